The molecular formula is C32H60N4O2. The lowest BCUT2D eigenvalue weighted by Gasteiger charge is -2.39. The van der Waals surface area contributed by atoms with Gasteiger partial charge < -0.3 is 25.0 Å². The Morgan fingerprint density at radius 3 is 2.26 bits per heavy atom. The average molecular weight is 533 g/mol. The summed E-state index contributed by atoms with van der Waals surface area (Å²) in [4.78, 5) is 7.06. The van der Waals surface area contributed by atoms with E-state index in [1.165, 1.54) is 12.0 Å². The van der Waals surface area contributed by atoms with E-state index in [1.807, 2.05) is 6.20 Å². The van der Waals surface area contributed by atoms with Crippen molar-refractivity contribution < 1.29 is 9.47 Å². The van der Waals surface area contributed by atoms with Crippen LogP contribution in [-0.2, 0) is 10.2 Å². The van der Waals surface area contributed by atoms with Crippen LogP contribution in [0.4, 0.5) is 0 Å². The van der Waals surface area contributed by atoms with Crippen LogP contribution in [0.1, 0.15) is 107 Å². The zero-order valence-corrected chi connectivity index (χ0v) is 26.7. The molecule has 0 aromatic carbocycles. The maximum atomic E-state index is 6.16. The fourth-order valence-electron chi connectivity index (χ4n) is 5.37. The van der Waals surface area contributed by atoms with Gasteiger partial charge in [0.1, 0.15) is 6.10 Å². The van der Waals surface area contributed by atoms with Gasteiger partial charge in [0.05, 0.1) is 12.7 Å². The molecule has 0 radical (unpaired) electrons. The van der Waals surface area contributed by atoms with Gasteiger partial charge in [-0.3, -0.25) is 0 Å². The van der Waals surface area contributed by atoms with Gasteiger partial charge in [0.2, 0.25) is 5.88 Å². The van der Waals surface area contributed by atoms with Crippen LogP contribution in [0.3, 0.4) is 0 Å². The third kappa shape index (κ3) is 13.2. The quantitative estimate of drug-likeness (QED) is 0.279. The first-order valence-corrected chi connectivity index (χ1v) is 14.9. The van der Waals surface area contributed by atoms with Crippen LogP contribution in [0.25, 0.3) is 0 Å². The van der Waals surface area contributed by atoms with E-state index in [-0.39, 0.29) is 28.0 Å². The maximum absolute atomic E-state index is 6.16. The van der Waals surface area contributed by atoms with Crippen molar-refractivity contribution in [1.82, 2.24) is 20.5 Å². The van der Waals surface area contributed by atoms with Crippen molar-refractivity contribution in [2.45, 2.75) is 131 Å². The number of piperidine rings is 1. The third-order valence-electron chi connectivity index (χ3n) is 7.46. The van der Waals surface area contributed by atoms with Gasteiger partial charge in [0, 0.05) is 49.5 Å². The van der Waals surface area contributed by atoms with Crippen LogP contribution >= 0.6 is 0 Å². The largest absolute Gasteiger partial charge is 0.473 e. The number of rotatable bonds is 14. The second kappa shape index (κ2) is 13.9. The highest BCUT2D eigenvalue weighted by Gasteiger charge is 2.30. The van der Waals surface area contributed by atoms with Crippen molar-refractivity contribution in [1.29, 1.82) is 0 Å². The van der Waals surface area contributed by atoms with Crippen LogP contribution in [-0.4, -0.2) is 72.5 Å². The molecule has 1 aliphatic rings. The van der Waals surface area contributed by atoms with Gasteiger partial charge in [-0.05, 0) is 96.2 Å². The Kier molecular flexibility index (Phi) is 12.1. The lowest BCUT2D eigenvalue weighted by atomic mass is 9.77. The molecule has 0 spiro atoms. The molecule has 220 valence electrons. The topological polar surface area (TPSA) is 58.7 Å². The van der Waals surface area contributed by atoms with Crippen molar-refractivity contribution in [3.8, 4) is 5.88 Å². The summed E-state index contributed by atoms with van der Waals surface area (Å²) in [5.41, 5.74) is 1.78. The summed E-state index contributed by atoms with van der Waals surface area (Å²) in [5.74, 6) is 0.709. The molecule has 0 amide bonds. The minimum Gasteiger partial charge on any atom is -0.473 e. The fourth-order valence-corrected chi connectivity index (χ4v) is 5.37. The molecule has 0 saturated carbocycles. The van der Waals surface area contributed by atoms with Gasteiger partial charge in [-0.25, -0.2) is 4.98 Å². The smallest absolute Gasteiger partial charge is 0.213 e. The van der Waals surface area contributed by atoms with Gasteiger partial charge in [-0.1, -0.05) is 34.6 Å². The molecule has 0 bridgehead atoms. The Hall–Kier alpha value is -1.21. The number of nitrogens with zero attached hydrogens (tertiary/aromatic N) is 2. The Morgan fingerprint density at radius 2 is 1.66 bits per heavy atom. The van der Waals surface area contributed by atoms with Crippen molar-refractivity contribution in [3.05, 3.63) is 23.9 Å². The van der Waals surface area contributed by atoms with Crippen LogP contribution in [0.5, 0.6) is 5.88 Å². The molecule has 2 rings (SSSR count). The summed E-state index contributed by atoms with van der Waals surface area (Å²) in [6.07, 6.45) is 6.93. The van der Waals surface area contributed by atoms with Crippen molar-refractivity contribution in [2.75, 3.05) is 39.3 Å². The van der Waals surface area contributed by atoms with E-state index >= 15 is 0 Å². The second-order valence-corrected chi connectivity index (χ2v) is 15.0. The molecule has 2 heterocycles. The number of pyridine rings is 1. The van der Waals surface area contributed by atoms with Gasteiger partial charge in [0.25, 0.3) is 0 Å². The molecule has 6 nitrogen and oxygen atoms in total. The second-order valence-electron chi connectivity index (χ2n) is 15.0. The summed E-state index contributed by atoms with van der Waals surface area (Å²) in [6.45, 7) is 30.8. The Labute approximate surface area is 235 Å². The van der Waals surface area contributed by atoms with Crippen LogP contribution in [0, 0.1) is 5.41 Å². The summed E-state index contributed by atoms with van der Waals surface area (Å²) < 4.78 is 12.3. The summed E-state index contributed by atoms with van der Waals surface area (Å²) >= 11 is 0. The van der Waals surface area contributed by atoms with Crippen LogP contribution in [0.15, 0.2) is 18.3 Å². The standard InChI is InChI=1S/C32H60N4O2/c1-25(38-28-22-26(12-16-33-28)29(2,3)4)23-35-32(10,11)24-31(8,9)15-20-36-18-13-27(14-19-36)37-21-17-34-30(5,6)7/h12,16,22,25,27,34-35H,13-15,17-21,23-24H2,1-11H3/t25-/m0/s1. The highest BCUT2D eigenvalue weighted by molar-refractivity contribution is 5.26. The number of ether oxygens (including phenoxy) is 2. The zero-order valence-electron chi connectivity index (χ0n) is 26.7. The molecule has 1 aliphatic heterocycles. The van der Waals surface area contributed by atoms with E-state index in [1.54, 1.807) is 0 Å². The van der Waals surface area contributed by atoms with E-state index in [0.29, 0.717) is 12.0 Å². The first-order chi connectivity index (χ1) is 17.4. The van der Waals surface area contributed by atoms with E-state index in [9.17, 15) is 0 Å². The van der Waals surface area contributed by atoms with Crippen LogP contribution < -0.4 is 15.4 Å². The molecule has 0 aliphatic carbocycles. The normalized spacial score (nSPS) is 17.6. The van der Waals surface area contributed by atoms with Crippen LogP contribution in [0.2, 0.25) is 0 Å². The predicted octanol–water partition coefficient (Wildman–Crippen LogP) is 6.19. The lowest BCUT2D eigenvalue weighted by molar-refractivity contribution is 0.00517. The Balaban J connectivity index is 1.69. The number of nitrogens with one attached hydrogen (secondary N) is 2. The molecule has 38 heavy (non-hydrogen) atoms. The van der Waals surface area contributed by atoms with Crippen molar-refractivity contribution >= 4 is 0 Å². The molecule has 1 fully saturated rings. The SMILES string of the molecule is C[C@@H](CNC(C)(C)CC(C)(C)CCN1CCC(OCCNC(C)(C)C)CC1)Oc1cc(C(C)(C)C)ccn1. The maximum Gasteiger partial charge on any atom is 0.213 e. The minimum absolute atomic E-state index is 0.0315. The first-order valence-electron chi connectivity index (χ1n) is 14.9. The third-order valence-corrected chi connectivity index (χ3v) is 7.46. The molecule has 1 aromatic heterocycles. The average Bonchev–Trinajstić information content (AvgIpc) is 2.78. The Bertz CT molecular complexity index is 817. The Morgan fingerprint density at radius 1 is 1.00 bits per heavy atom. The number of hydrogen-bond donors (Lipinski definition) is 2. The van der Waals surface area contributed by atoms with Gasteiger partial charge in [-0.15, -0.1) is 0 Å². The molecule has 2 N–H and O–H groups in total. The van der Waals surface area contributed by atoms with Gasteiger partial charge >= 0.3 is 0 Å². The van der Waals surface area contributed by atoms with E-state index < -0.39 is 0 Å². The fraction of sp³-hybridized carbons (Fsp3) is 0.844. The first kappa shape index (κ1) is 33.0. The summed E-state index contributed by atoms with van der Waals surface area (Å²) in [6, 6.07) is 4.15. The zero-order chi connectivity index (χ0) is 28.6. The summed E-state index contributed by atoms with van der Waals surface area (Å²) in [7, 11) is 0. The number of hydrogen-bond acceptors (Lipinski definition) is 6. The molecule has 0 unspecified atom stereocenters. The van der Waals surface area contributed by atoms with Gasteiger partial charge in [0.15, 0.2) is 0 Å². The van der Waals surface area contributed by atoms with E-state index in [0.717, 1.165) is 58.6 Å². The minimum atomic E-state index is 0.0315. The molecular weight excluding hydrogens is 472 g/mol. The lowest BCUT2D eigenvalue weighted by Crippen LogP contribution is -2.47. The molecule has 1 atom stereocenters. The highest BCUT2D eigenvalue weighted by atomic mass is 16.5. The van der Waals surface area contributed by atoms with Gasteiger partial charge in [-0.2, -0.15) is 0 Å². The highest BCUT2D eigenvalue weighted by Crippen LogP contribution is 2.32. The monoisotopic (exact) mass is 532 g/mol. The predicted molar refractivity (Wildman–Crippen MR) is 161 cm³/mol. The molecule has 1 saturated heterocycles. The number of likely N-dealkylation sites (tertiary alicyclic amines) is 1. The molecule has 6 heteroatoms. The molecule has 1 aromatic rings. The summed E-state index contributed by atoms with van der Waals surface area (Å²) in [5, 5.41) is 7.28. The van der Waals surface area contributed by atoms with Crippen molar-refractivity contribution in [2.24, 2.45) is 5.41 Å². The number of aromatic nitrogens is 1. The van der Waals surface area contributed by atoms with E-state index in [2.05, 4.69) is 109 Å². The van der Waals surface area contributed by atoms with Crippen molar-refractivity contribution in [3.63, 3.8) is 0 Å². The van der Waals surface area contributed by atoms with E-state index in [4.69, 9.17) is 9.47 Å².